The van der Waals surface area contributed by atoms with Crippen LogP contribution >= 0.6 is 0 Å². The molecule has 2 N–H and O–H groups in total. The molecule has 3 aromatic carbocycles. The molecule has 6 heteroatoms. The first kappa shape index (κ1) is 18.4. The maximum absolute atomic E-state index is 13.2. The molecule has 138 valence electrons. The van der Waals surface area contributed by atoms with Crippen molar-refractivity contribution in [2.75, 3.05) is 5.32 Å². The zero-order valence-corrected chi connectivity index (χ0v) is 14.3. The van der Waals surface area contributed by atoms with Crippen molar-refractivity contribution in [3.05, 3.63) is 95.1 Å². The number of halogens is 2. The van der Waals surface area contributed by atoms with Gasteiger partial charge in [0.25, 0.3) is 0 Å². The van der Waals surface area contributed by atoms with Gasteiger partial charge < -0.3 is 15.2 Å². The Labute approximate surface area is 155 Å². The van der Waals surface area contributed by atoms with Crippen LogP contribution in [0.15, 0.2) is 66.7 Å². The van der Waals surface area contributed by atoms with E-state index in [4.69, 9.17) is 9.84 Å². The minimum Gasteiger partial charge on any atom is -0.489 e. The molecule has 0 saturated heterocycles. The van der Waals surface area contributed by atoms with Crippen LogP contribution in [0.2, 0.25) is 0 Å². The molecule has 3 aromatic rings. The molecule has 0 aliphatic heterocycles. The topological polar surface area (TPSA) is 58.6 Å². The highest BCUT2D eigenvalue weighted by atomic mass is 19.1. The third kappa shape index (κ3) is 5.28. The molecule has 3 rings (SSSR count). The lowest BCUT2D eigenvalue weighted by molar-refractivity contribution is 0.0697. The predicted molar refractivity (Wildman–Crippen MR) is 97.9 cm³/mol. The fraction of sp³-hybridized carbons (Fsp3) is 0.0952. The Morgan fingerprint density at radius 1 is 0.926 bits per heavy atom. The first-order valence-corrected chi connectivity index (χ1v) is 8.23. The van der Waals surface area contributed by atoms with Gasteiger partial charge in [-0.25, -0.2) is 13.6 Å². The SMILES string of the molecule is O=C(O)c1cccc(NCc2ccc(OCc3cc(F)cc(F)c3)cc2)c1. The lowest BCUT2D eigenvalue weighted by Gasteiger charge is -2.10. The molecule has 27 heavy (non-hydrogen) atoms. The maximum Gasteiger partial charge on any atom is 0.335 e. The van der Waals surface area contributed by atoms with Gasteiger partial charge in [0.15, 0.2) is 0 Å². The first-order chi connectivity index (χ1) is 13.0. The van der Waals surface area contributed by atoms with Crippen molar-refractivity contribution in [2.24, 2.45) is 0 Å². The van der Waals surface area contributed by atoms with E-state index in [-0.39, 0.29) is 12.2 Å². The summed E-state index contributed by atoms with van der Waals surface area (Å²) in [6.45, 7) is 0.576. The molecule has 0 aromatic heterocycles. The van der Waals surface area contributed by atoms with E-state index in [2.05, 4.69) is 5.32 Å². The Balaban J connectivity index is 1.55. The molecule has 0 fully saturated rings. The number of carbonyl (C=O) groups is 1. The minimum atomic E-state index is -0.974. The van der Waals surface area contributed by atoms with Crippen molar-refractivity contribution in [3.8, 4) is 5.75 Å². The third-order valence-electron chi connectivity index (χ3n) is 3.86. The average molecular weight is 369 g/mol. The molecular weight excluding hydrogens is 352 g/mol. The number of anilines is 1. The zero-order valence-electron chi connectivity index (χ0n) is 14.3. The van der Waals surface area contributed by atoms with Gasteiger partial charge in [0, 0.05) is 18.3 Å². The second-order valence-corrected chi connectivity index (χ2v) is 5.95. The quantitative estimate of drug-likeness (QED) is 0.625. The van der Waals surface area contributed by atoms with Crippen molar-refractivity contribution in [1.29, 1.82) is 0 Å². The summed E-state index contributed by atoms with van der Waals surface area (Å²) in [5.74, 6) is -1.67. The molecule has 0 saturated carbocycles. The van der Waals surface area contributed by atoms with Crippen LogP contribution in [0.1, 0.15) is 21.5 Å². The molecule has 0 aliphatic rings. The van der Waals surface area contributed by atoms with E-state index < -0.39 is 17.6 Å². The number of nitrogens with one attached hydrogen (secondary N) is 1. The lowest BCUT2D eigenvalue weighted by atomic mass is 10.2. The Hall–Kier alpha value is -3.41. The van der Waals surface area contributed by atoms with Crippen molar-refractivity contribution in [2.45, 2.75) is 13.2 Å². The van der Waals surface area contributed by atoms with Gasteiger partial charge in [0.2, 0.25) is 0 Å². The molecule has 0 atom stereocenters. The summed E-state index contributed by atoms with van der Waals surface area (Å²) in [5.41, 5.74) is 2.32. The number of carboxylic acid groups (broad SMARTS) is 1. The highest BCUT2D eigenvalue weighted by molar-refractivity contribution is 5.88. The fourth-order valence-electron chi connectivity index (χ4n) is 2.53. The Morgan fingerprint density at radius 2 is 1.63 bits per heavy atom. The molecule has 4 nitrogen and oxygen atoms in total. The molecule has 0 bridgehead atoms. The van der Waals surface area contributed by atoms with E-state index in [9.17, 15) is 13.6 Å². The number of hydrogen-bond acceptors (Lipinski definition) is 3. The third-order valence-corrected chi connectivity index (χ3v) is 3.86. The van der Waals surface area contributed by atoms with Gasteiger partial charge in [-0.15, -0.1) is 0 Å². The molecule has 0 amide bonds. The van der Waals surface area contributed by atoms with Crippen molar-refractivity contribution in [3.63, 3.8) is 0 Å². The normalized spacial score (nSPS) is 10.4. The lowest BCUT2D eigenvalue weighted by Crippen LogP contribution is -2.02. The highest BCUT2D eigenvalue weighted by Crippen LogP contribution is 2.17. The number of carboxylic acids is 1. The Morgan fingerprint density at radius 3 is 2.30 bits per heavy atom. The summed E-state index contributed by atoms with van der Waals surface area (Å²) in [6.07, 6.45) is 0. The van der Waals surface area contributed by atoms with Crippen molar-refractivity contribution >= 4 is 11.7 Å². The standard InChI is InChI=1S/C21H17F2NO3/c22-17-8-15(9-18(23)11-17)13-27-20-6-4-14(5-7-20)12-24-19-3-1-2-16(10-19)21(25)26/h1-11,24H,12-13H2,(H,25,26). The summed E-state index contributed by atoms with van der Waals surface area (Å²) in [7, 11) is 0. The van der Waals surface area contributed by atoms with Gasteiger partial charge in [-0.1, -0.05) is 18.2 Å². The second-order valence-electron chi connectivity index (χ2n) is 5.95. The van der Waals surface area contributed by atoms with Gasteiger partial charge >= 0.3 is 5.97 Å². The number of hydrogen-bond donors (Lipinski definition) is 2. The predicted octanol–water partition coefficient (Wildman–Crippen LogP) is 4.85. The van der Waals surface area contributed by atoms with Crippen LogP contribution in [-0.2, 0) is 13.2 Å². The van der Waals surface area contributed by atoms with Crippen LogP contribution in [0.5, 0.6) is 5.75 Å². The summed E-state index contributed by atoms with van der Waals surface area (Å²) in [5, 5.41) is 12.2. The number of ether oxygens (including phenoxy) is 1. The monoisotopic (exact) mass is 369 g/mol. The molecule has 0 spiro atoms. The number of aromatic carboxylic acids is 1. The van der Waals surface area contributed by atoms with Crippen LogP contribution < -0.4 is 10.1 Å². The second kappa shape index (κ2) is 8.31. The molecule has 0 aliphatic carbocycles. The van der Waals surface area contributed by atoms with Crippen molar-refractivity contribution < 1.29 is 23.4 Å². The molecule has 0 heterocycles. The number of benzene rings is 3. The van der Waals surface area contributed by atoms with Crippen LogP contribution in [0.3, 0.4) is 0 Å². The van der Waals surface area contributed by atoms with E-state index in [1.165, 1.54) is 18.2 Å². The first-order valence-electron chi connectivity index (χ1n) is 8.23. The van der Waals surface area contributed by atoms with E-state index in [1.54, 1.807) is 30.3 Å². The van der Waals surface area contributed by atoms with Crippen LogP contribution in [-0.4, -0.2) is 11.1 Å². The summed E-state index contributed by atoms with van der Waals surface area (Å²) in [4.78, 5) is 11.0. The maximum atomic E-state index is 13.2. The highest BCUT2D eigenvalue weighted by Gasteiger charge is 2.04. The van der Waals surface area contributed by atoms with E-state index in [1.807, 2.05) is 12.1 Å². The van der Waals surface area contributed by atoms with Crippen LogP contribution in [0.4, 0.5) is 14.5 Å². The minimum absolute atomic E-state index is 0.0637. The summed E-state index contributed by atoms with van der Waals surface area (Å²) < 4.78 is 31.9. The molecular formula is C21H17F2NO3. The van der Waals surface area contributed by atoms with Gasteiger partial charge in [-0.2, -0.15) is 0 Å². The zero-order chi connectivity index (χ0) is 19.2. The van der Waals surface area contributed by atoms with Crippen LogP contribution in [0.25, 0.3) is 0 Å². The summed E-state index contributed by atoms with van der Waals surface area (Å²) >= 11 is 0. The molecule has 0 radical (unpaired) electrons. The van der Waals surface area contributed by atoms with Crippen LogP contribution in [0, 0.1) is 11.6 Å². The van der Waals surface area contributed by atoms with E-state index in [0.717, 1.165) is 11.6 Å². The van der Waals surface area contributed by atoms with Gasteiger partial charge in [-0.3, -0.25) is 0 Å². The van der Waals surface area contributed by atoms with Gasteiger partial charge in [-0.05, 0) is 53.6 Å². The Kier molecular flexibility index (Phi) is 5.66. The number of rotatable bonds is 7. The average Bonchev–Trinajstić information content (AvgIpc) is 2.65. The largest absolute Gasteiger partial charge is 0.489 e. The summed E-state index contributed by atoms with van der Waals surface area (Å²) in [6, 6.07) is 17.1. The Bertz CT molecular complexity index is 922. The van der Waals surface area contributed by atoms with E-state index >= 15 is 0 Å². The van der Waals surface area contributed by atoms with Gasteiger partial charge in [0.05, 0.1) is 5.56 Å². The van der Waals surface area contributed by atoms with Gasteiger partial charge in [0.1, 0.15) is 24.0 Å². The smallest absolute Gasteiger partial charge is 0.335 e. The van der Waals surface area contributed by atoms with E-state index in [0.29, 0.717) is 23.5 Å². The fourth-order valence-corrected chi connectivity index (χ4v) is 2.53. The van der Waals surface area contributed by atoms with Crippen molar-refractivity contribution in [1.82, 2.24) is 0 Å². The molecule has 0 unspecified atom stereocenters.